The average Bonchev–Trinajstić information content (AvgIpc) is 3.07. The number of nitrogens with one attached hydrogen (secondary N) is 1. The minimum atomic E-state index is 0.250. The molecule has 1 aliphatic heterocycles. The second-order valence-electron chi connectivity index (χ2n) is 6.00. The van der Waals surface area contributed by atoms with Crippen molar-refractivity contribution in [3.8, 4) is 0 Å². The van der Waals surface area contributed by atoms with E-state index in [-0.39, 0.29) is 6.10 Å². The highest BCUT2D eigenvalue weighted by molar-refractivity contribution is 7.71. The molecule has 1 N–H and O–H groups in total. The van der Waals surface area contributed by atoms with Crippen LogP contribution in [0.15, 0.2) is 0 Å². The molecule has 1 aromatic rings. The molecule has 5 nitrogen and oxygen atoms in total. The molecule has 6 heteroatoms. The van der Waals surface area contributed by atoms with Gasteiger partial charge in [-0.1, -0.05) is 19.8 Å². The third kappa shape index (κ3) is 2.51. The van der Waals surface area contributed by atoms with E-state index in [1.807, 2.05) is 0 Å². The molecule has 2 aliphatic rings. The van der Waals surface area contributed by atoms with Crippen LogP contribution < -0.4 is 4.90 Å². The van der Waals surface area contributed by atoms with E-state index in [4.69, 9.17) is 17.0 Å². The highest BCUT2D eigenvalue weighted by Crippen LogP contribution is 2.34. The Morgan fingerprint density at radius 1 is 1.40 bits per heavy atom. The van der Waals surface area contributed by atoms with Crippen molar-refractivity contribution in [3.05, 3.63) is 4.77 Å². The van der Waals surface area contributed by atoms with E-state index in [9.17, 15) is 0 Å². The highest BCUT2D eigenvalue weighted by atomic mass is 32.1. The summed E-state index contributed by atoms with van der Waals surface area (Å²) in [5.74, 6) is 1.02. The number of nitrogens with zero attached hydrogens (tertiary/aromatic N) is 3. The first-order chi connectivity index (χ1) is 9.70. The van der Waals surface area contributed by atoms with Crippen molar-refractivity contribution in [2.24, 2.45) is 0 Å². The molecule has 3 rings (SSSR count). The molecule has 2 atom stereocenters. The van der Waals surface area contributed by atoms with Crippen molar-refractivity contribution in [3.63, 3.8) is 0 Å². The van der Waals surface area contributed by atoms with Crippen LogP contribution in [0.2, 0.25) is 0 Å². The summed E-state index contributed by atoms with van der Waals surface area (Å²) >= 11 is 5.47. The standard InChI is InChI=1S/C14H24N4OS/c1-3-11-9-19-10(2)8-17(11)13-15-16-14(20)18(13)12-6-4-5-7-12/h10-12H,3-9H2,1-2H3,(H,16,20). The molecule has 2 heterocycles. The summed E-state index contributed by atoms with van der Waals surface area (Å²) in [7, 11) is 0. The van der Waals surface area contributed by atoms with Crippen LogP contribution in [0.5, 0.6) is 0 Å². The maximum Gasteiger partial charge on any atom is 0.226 e. The quantitative estimate of drug-likeness (QED) is 0.871. The van der Waals surface area contributed by atoms with Crippen molar-refractivity contribution in [1.29, 1.82) is 0 Å². The lowest BCUT2D eigenvalue weighted by molar-refractivity contribution is 0.0288. The third-order valence-corrected chi connectivity index (χ3v) is 4.86. The minimum absolute atomic E-state index is 0.250. The monoisotopic (exact) mass is 296 g/mol. The summed E-state index contributed by atoms with van der Waals surface area (Å²) in [6.07, 6.45) is 6.35. The second-order valence-corrected chi connectivity index (χ2v) is 6.38. The fraction of sp³-hybridized carbons (Fsp3) is 0.857. The number of H-pyrrole nitrogens is 1. The topological polar surface area (TPSA) is 46.1 Å². The van der Waals surface area contributed by atoms with Crippen molar-refractivity contribution in [1.82, 2.24) is 14.8 Å². The Labute approximate surface area is 125 Å². The molecule has 2 unspecified atom stereocenters. The fourth-order valence-corrected chi connectivity index (χ4v) is 3.69. The van der Waals surface area contributed by atoms with Crippen molar-refractivity contribution in [2.45, 2.75) is 64.1 Å². The van der Waals surface area contributed by atoms with E-state index < -0.39 is 0 Å². The van der Waals surface area contributed by atoms with E-state index in [0.29, 0.717) is 12.1 Å². The number of hydrogen-bond donors (Lipinski definition) is 1. The Bertz CT molecular complexity index is 506. The Morgan fingerprint density at radius 2 is 2.15 bits per heavy atom. The van der Waals surface area contributed by atoms with Crippen molar-refractivity contribution < 1.29 is 4.74 Å². The molecule has 0 radical (unpaired) electrons. The average molecular weight is 296 g/mol. The van der Waals surface area contributed by atoms with Gasteiger partial charge in [0.05, 0.1) is 18.8 Å². The van der Waals surface area contributed by atoms with Gasteiger partial charge in [-0.2, -0.15) is 0 Å². The first kappa shape index (κ1) is 14.1. The van der Waals surface area contributed by atoms with Crippen molar-refractivity contribution in [2.75, 3.05) is 18.1 Å². The molecule has 2 fully saturated rings. The molecule has 0 spiro atoms. The SMILES string of the molecule is CCC1COC(C)CN1c1n[nH]c(=S)n1C1CCCC1. The van der Waals surface area contributed by atoms with Crippen LogP contribution >= 0.6 is 12.2 Å². The summed E-state index contributed by atoms with van der Waals surface area (Å²) in [4.78, 5) is 2.39. The zero-order chi connectivity index (χ0) is 14.1. The third-order valence-electron chi connectivity index (χ3n) is 4.57. The van der Waals surface area contributed by atoms with Gasteiger partial charge < -0.3 is 9.64 Å². The molecule has 1 saturated carbocycles. The van der Waals surface area contributed by atoms with Gasteiger partial charge in [-0.25, -0.2) is 5.10 Å². The van der Waals surface area contributed by atoms with Crippen LogP contribution in [0.1, 0.15) is 52.0 Å². The molecular formula is C14H24N4OS. The summed E-state index contributed by atoms with van der Waals surface area (Å²) in [5.41, 5.74) is 0. The van der Waals surface area contributed by atoms with E-state index >= 15 is 0 Å². The fourth-order valence-electron chi connectivity index (χ4n) is 3.42. The van der Waals surface area contributed by atoms with Gasteiger partial charge in [0, 0.05) is 12.6 Å². The molecule has 0 bridgehead atoms. The first-order valence-electron chi connectivity index (χ1n) is 7.75. The smallest absolute Gasteiger partial charge is 0.226 e. The zero-order valence-corrected chi connectivity index (χ0v) is 13.2. The number of ether oxygens (including phenoxy) is 1. The van der Waals surface area contributed by atoms with Crippen LogP contribution in [0.4, 0.5) is 5.95 Å². The van der Waals surface area contributed by atoms with Gasteiger partial charge in [0.1, 0.15) is 0 Å². The second kappa shape index (κ2) is 5.85. The molecule has 1 aromatic heterocycles. The summed E-state index contributed by atoms with van der Waals surface area (Å²) in [6, 6.07) is 0.920. The van der Waals surface area contributed by atoms with Crippen molar-refractivity contribution >= 4 is 18.2 Å². The van der Waals surface area contributed by atoms with Crippen LogP contribution in [-0.4, -0.2) is 40.1 Å². The lowest BCUT2D eigenvalue weighted by Crippen LogP contribution is -2.49. The van der Waals surface area contributed by atoms with E-state index in [2.05, 4.69) is 33.5 Å². The van der Waals surface area contributed by atoms with Gasteiger partial charge in [0.15, 0.2) is 4.77 Å². The van der Waals surface area contributed by atoms with Gasteiger partial charge in [-0.15, -0.1) is 5.10 Å². The molecular weight excluding hydrogens is 272 g/mol. The van der Waals surface area contributed by atoms with Crippen LogP contribution in [-0.2, 0) is 4.74 Å². The predicted octanol–water partition coefficient (Wildman–Crippen LogP) is 3.06. The van der Waals surface area contributed by atoms with Crippen LogP contribution in [0.25, 0.3) is 0 Å². The molecule has 112 valence electrons. The first-order valence-corrected chi connectivity index (χ1v) is 8.16. The number of rotatable bonds is 3. The summed E-state index contributed by atoms with van der Waals surface area (Å²) < 4.78 is 8.81. The van der Waals surface area contributed by atoms with E-state index in [1.165, 1.54) is 25.7 Å². The largest absolute Gasteiger partial charge is 0.375 e. The van der Waals surface area contributed by atoms with Gasteiger partial charge in [-0.3, -0.25) is 4.57 Å². The number of hydrogen-bond acceptors (Lipinski definition) is 4. The van der Waals surface area contributed by atoms with Crippen LogP contribution in [0.3, 0.4) is 0 Å². The molecule has 1 saturated heterocycles. The molecule has 1 aliphatic carbocycles. The van der Waals surface area contributed by atoms with Gasteiger partial charge in [0.2, 0.25) is 5.95 Å². The molecule has 20 heavy (non-hydrogen) atoms. The van der Waals surface area contributed by atoms with E-state index in [1.54, 1.807) is 0 Å². The Hall–Kier alpha value is -0.880. The number of aromatic amines is 1. The van der Waals surface area contributed by atoms with Gasteiger partial charge in [-0.05, 0) is 38.4 Å². The lowest BCUT2D eigenvalue weighted by Gasteiger charge is -2.39. The molecule has 0 amide bonds. The number of morpholine rings is 1. The number of anilines is 1. The Balaban J connectivity index is 1.93. The van der Waals surface area contributed by atoms with Gasteiger partial charge >= 0.3 is 0 Å². The van der Waals surface area contributed by atoms with Gasteiger partial charge in [0.25, 0.3) is 0 Å². The summed E-state index contributed by atoms with van der Waals surface area (Å²) in [6.45, 7) is 6.01. The Kier molecular flexibility index (Phi) is 4.12. The number of aromatic nitrogens is 3. The van der Waals surface area contributed by atoms with E-state index in [0.717, 1.165) is 30.3 Å². The maximum absolute atomic E-state index is 5.79. The van der Waals surface area contributed by atoms with Crippen LogP contribution in [0, 0.1) is 4.77 Å². The zero-order valence-electron chi connectivity index (χ0n) is 12.3. The Morgan fingerprint density at radius 3 is 2.85 bits per heavy atom. The maximum atomic E-state index is 5.79. The minimum Gasteiger partial charge on any atom is -0.375 e. The lowest BCUT2D eigenvalue weighted by atomic mass is 10.1. The normalized spacial score (nSPS) is 28.2. The summed E-state index contributed by atoms with van der Waals surface area (Å²) in [5, 5.41) is 7.54. The highest BCUT2D eigenvalue weighted by Gasteiger charge is 2.31. The predicted molar refractivity (Wildman–Crippen MR) is 81.8 cm³/mol. The molecule has 0 aromatic carbocycles.